The van der Waals surface area contributed by atoms with E-state index in [2.05, 4.69) is 20.5 Å². The van der Waals surface area contributed by atoms with Crippen molar-refractivity contribution in [2.75, 3.05) is 5.32 Å². The van der Waals surface area contributed by atoms with Gasteiger partial charge < -0.3 is 15.6 Å². The summed E-state index contributed by atoms with van der Waals surface area (Å²) in [5, 5.41) is 8.85. The van der Waals surface area contributed by atoms with Crippen molar-refractivity contribution in [2.45, 2.75) is 0 Å². The van der Waals surface area contributed by atoms with Gasteiger partial charge in [-0.3, -0.25) is 14.7 Å². The van der Waals surface area contributed by atoms with Crippen LogP contribution in [0.5, 0.6) is 0 Å². The molecule has 8 nitrogen and oxygen atoms in total. The highest BCUT2D eigenvalue weighted by atomic mass is 19.1. The normalized spacial score (nSPS) is 10.6. The lowest BCUT2D eigenvalue weighted by Crippen LogP contribution is -2.16. The second-order valence-electron chi connectivity index (χ2n) is 5.04. The van der Waals surface area contributed by atoms with Crippen molar-refractivity contribution in [3.8, 4) is 11.4 Å². The molecule has 122 valence electrons. The van der Waals surface area contributed by atoms with Crippen molar-refractivity contribution in [1.29, 1.82) is 0 Å². The first-order valence-corrected chi connectivity index (χ1v) is 6.89. The Bertz CT molecular complexity index is 916. The Labute approximate surface area is 135 Å². The Kier molecular flexibility index (Phi) is 3.82. The highest BCUT2D eigenvalue weighted by Gasteiger charge is 2.19. The third-order valence-electron chi connectivity index (χ3n) is 3.44. The molecule has 9 heteroatoms. The van der Waals surface area contributed by atoms with E-state index in [0.717, 1.165) is 0 Å². The molecule has 3 aromatic rings. The number of hydrogen-bond acceptors (Lipinski definition) is 4. The number of hydrogen-bond donors (Lipinski definition) is 3. The molecule has 0 saturated carbocycles. The summed E-state index contributed by atoms with van der Waals surface area (Å²) in [6.07, 6.45) is 2.68. The molecule has 0 aliphatic carbocycles. The van der Waals surface area contributed by atoms with Crippen molar-refractivity contribution in [3.05, 3.63) is 53.9 Å². The highest BCUT2D eigenvalue weighted by molar-refractivity contribution is 6.06. The number of aryl methyl sites for hydroxylation is 1. The monoisotopic (exact) mass is 328 g/mol. The van der Waals surface area contributed by atoms with Crippen LogP contribution >= 0.6 is 0 Å². The lowest BCUT2D eigenvalue weighted by molar-refractivity contribution is 0.0998. The smallest absolute Gasteiger partial charge is 0.272 e. The van der Waals surface area contributed by atoms with Crippen LogP contribution in [-0.2, 0) is 7.05 Å². The number of rotatable bonds is 4. The predicted molar refractivity (Wildman–Crippen MR) is 83.7 cm³/mol. The standard InChI is InChI=1S/C15H13FN6O2/c1-22-6-8(13(17)23)5-11(22)15(24)20-10-4-2-3-9(16)12(10)14-18-7-19-21-14/h2-7H,1H3,(H2,17,23)(H,20,24)(H,18,19,21). The lowest BCUT2D eigenvalue weighted by atomic mass is 10.1. The molecule has 0 fully saturated rings. The third kappa shape index (κ3) is 2.74. The summed E-state index contributed by atoms with van der Waals surface area (Å²) in [5.41, 5.74) is 5.93. The zero-order valence-corrected chi connectivity index (χ0v) is 12.6. The molecular formula is C15H13FN6O2. The minimum absolute atomic E-state index is 0.0904. The van der Waals surface area contributed by atoms with Crippen LogP contribution in [0.15, 0.2) is 36.8 Å². The molecule has 3 rings (SSSR count). The number of nitrogens with zero attached hydrogens (tertiary/aromatic N) is 3. The first kappa shape index (κ1) is 15.4. The molecular weight excluding hydrogens is 315 g/mol. The first-order valence-electron chi connectivity index (χ1n) is 6.89. The maximum Gasteiger partial charge on any atom is 0.272 e. The Morgan fingerprint density at radius 2 is 2.17 bits per heavy atom. The molecule has 4 N–H and O–H groups in total. The molecule has 0 aliphatic rings. The van der Waals surface area contributed by atoms with Gasteiger partial charge in [-0.05, 0) is 18.2 Å². The van der Waals surface area contributed by atoms with Gasteiger partial charge in [-0.15, -0.1) is 0 Å². The van der Waals surface area contributed by atoms with E-state index in [1.807, 2.05) is 0 Å². The minimum atomic E-state index is -0.641. The number of nitrogens with two attached hydrogens (primary N) is 1. The molecule has 0 spiro atoms. The molecule has 1 aromatic carbocycles. The van der Waals surface area contributed by atoms with E-state index >= 15 is 0 Å². The Balaban J connectivity index is 1.96. The minimum Gasteiger partial charge on any atom is -0.366 e. The number of carbonyl (C=O) groups excluding carboxylic acids is 2. The Hall–Kier alpha value is -3.49. The van der Waals surface area contributed by atoms with E-state index in [-0.39, 0.29) is 28.3 Å². The summed E-state index contributed by atoms with van der Waals surface area (Å²) in [5.74, 6) is -1.53. The lowest BCUT2D eigenvalue weighted by Gasteiger charge is -2.10. The zero-order chi connectivity index (χ0) is 17.3. The zero-order valence-electron chi connectivity index (χ0n) is 12.6. The maximum absolute atomic E-state index is 14.2. The van der Waals surface area contributed by atoms with Crippen molar-refractivity contribution in [2.24, 2.45) is 12.8 Å². The van der Waals surface area contributed by atoms with Gasteiger partial charge >= 0.3 is 0 Å². The van der Waals surface area contributed by atoms with Gasteiger partial charge in [-0.2, -0.15) is 5.10 Å². The number of anilines is 1. The van der Waals surface area contributed by atoms with Crippen LogP contribution in [0.1, 0.15) is 20.8 Å². The number of carbonyl (C=O) groups is 2. The van der Waals surface area contributed by atoms with Crippen LogP contribution in [0.25, 0.3) is 11.4 Å². The Morgan fingerprint density at radius 3 is 2.79 bits per heavy atom. The number of amides is 2. The summed E-state index contributed by atoms with van der Waals surface area (Å²) in [7, 11) is 1.60. The quantitative estimate of drug-likeness (QED) is 0.669. The van der Waals surface area contributed by atoms with Gasteiger partial charge in [-0.25, -0.2) is 9.37 Å². The van der Waals surface area contributed by atoms with Crippen LogP contribution in [0.3, 0.4) is 0 Å². The van der Waals surface area contributed by atoms with Crippen LogP contribution in [0.2, 0.25) is 0 Å². The summed E-state index contributed by atoms with van der Waals surface area (Å²) >= 11 is 0. The number of H-pyrrole nitrogens is 1. The number of aromatic amines is 1. The summed E-state index contributed by atoms with van der Waals surface area (Å²) in [6, 6.07) is 5.62. The van der Waals surface area contributed by atoms with Crippen molar-refractivity contribution < 1.29 is 14.0 Å². The first-order chi connectivity index (χ1) is 11.5. The molecule has 0 saturated heterocycles. The molecule has 2 heterocycles. The van der Waals surface area contributed by atoms with Crippen LogP contribution in [0, 0.1) is 5.82 Å². The van der Waals surface area contributed by atoms with Crippen LogP contribution in [-0.4, -0.2) is 31.6 Å². The predicted octanol–water partition coefficient (Wildman–Crippen LogP) is 1.30. The SMILES string of the molecule is Cn1cc(C(N)=O)cc1C(=O)Nc1cccc(F)c1-c1ncn[nH]1. The second kappa shape index (κ2) is 5.95. The average Bonchev–Trinajstić information content (AvgIpc) is 3.17. The largest absolute Gasteiger partial charge is 0.366 e. The van der Waals surface area contributed by atoms with Gasteiger partial charge in [0.1, 0.15) is 17.8 Å². The third-order valence-corrected chi connectivity index (χ3v) is 3.44. The molecule has 2 amide bonds. The van der Waals surface area contributed by atoms with Gasteiger partial charge in [0.2, 0.25) is 5.91 Å². The van der Waals surface area contributed by atoms with Crippen LogP contribution < -0.4 is 11.1 Å². The molecule has 24 heavy (non-hydrogen) atoms. The van der Waals surface area contributed by atoms with Gasteiger partial charge in [0.15, 0.2) is 5.82 Å². The molecule has 2 aromatic heterocycles. The number of halogens is 1. The maximum atomic E-state index is 14.2. The van der Waals surface area contributed by atoms with Gasteiger partial charge in [0.05, 0.1) is 16.8 Å². The van der Waals surface area contributed by atoms with E-state index in [1.54, 1.807) is 7.05 Å². The van der Waals surface area contributed by atoms with E-state index < -0.39 is 17.6 Å². The fourth-order valence-corrected chi connectivity index (χ4v) is 2.31. The summed E-state index contributed by atoms with van der Waals surface area (Å²) < 4.78 is 15.6. The molecule has 0 radical (unpaired) electrons. The molecule has 0 bridgehead atoms. The number of aromatic nitrogens is 4. The number of primary amides is 1. The molecule has 0 atom stereocenters. The van der Waals surface area contributed by atoms with Crippen molar-refractivity contribution in [3.63, 3.8) is 0 Å². The fraction of sp³-hybridized carbons (Fsp3) is 0.0667. The molecule has 0 unspecified atom stereocenters. The topological polar surface area (TPSA) is 119 Å². The van der Waals surface area contributed by atoms with Crippen molar-refractivity contribution >= 4 is 17.5 Å². The van der Waals surface area contributed by atoms with E-state index in [4.69, 9.17) is 5.73 Å². The summed E-state index contributed by atoms with van der Waals surface area (Å²) in [4.78, 5) is 27.6. The fourth-order valence-electron chi connectivity index (χ4n) is 2.31. The van der Waals surface area contributed by atoms with E-state index in [9.17, 15) is 14.0 Å². The van der Waals surface area contributed by atoms with Gasteiger partial charge in [0, 0.05) is 13.2 Å². The van der Waals surface area contributed by atoms with E-state index in [0.29, 0.717) is 0 Å². The number of nitrogens with one attached hydrogen (secondary N) is 2. The van der Waals surface area contributed by atoms with Gasteiger partial charge in [0.25, 0.3) is 5.91 Å². The average molecular weight is 328 g/mol. The highest BCUT2D eigenvalue weighted by Crippen LogP contribution is 2.28. The van der Waals surface area contributed by atoms with E-state index in [1.165, 1.54) is 41.4 Å². The molecule has 0 aliphatic heterocycles. The summed E-state index contributed by atoms with van der Waals surface area (Å²) in [6.45, 7) is 0. The van der Waals surface area contributed by atoms with Crippen LogP contribution in [0.4, 0.5) is 10.1 Å². The van der Waals surface area contributed by atoms with Crippen molar-refractivity contribution in [1.82, 2.24) is 19.7 Å². The second-order valence-corrected chi connectivity index (χ2v) is 5.04. The Morgan fingerprint density at radius 1 is 1.38 bits per heavy atom. The van der Waals surface area contributed by atoms with Gasteiger partial charge in [-0.1, -0.05) is 6.07 Å². The number of benzene rings is 1.